The van der Waals surface area contributed by atoms with Crippen molar-refractivity contribution in [3.63, 3.8) is 0 Å². The number of furan rings is 1. The monoisotopic (exact) mass is 621 g/mol. The van der Waals surface area contributed by atoms with Crippen LogP contribution in [0.5, 0.6) is 0 Å². The van der Waals surface area contributed by atoms with E-state index in [4.69, 9.17) is 9.40 Å². The minimum Gasteiger partial charge on any atom is -0.456 e. The lowest BCUT2D eigenvalue weighted by Crippen LogP contribution is -1.97. The predicted octanol–water partition coefficient (Wildman–Crippen LogP) is 11.9. The second kappa shape index (κ2) is 9.79. The van der Waals surface area contributed by atoms with E-state index in [9.17, 15) is 0 Å². The first-order valence-electron chi connectivity index (χ1n) is 15.8. The first-order valence-corrected chi connectivity index (χ1v) is 16.6. The first kappa shape index (κ1) is 26.3. The van der Waals surface area contributed by atoms with Gasteiger partial charge in [-0.1, -0.05) is 73.3 Å². The zero-order valence-electron chi connectivity index (χ0n) is 25.6. The average Bonchev–Trinajstić information content (AvgIpc) is 3.84. The highest BCUT2D eigenvalue weighted by molar-refractivity contribution is 7.20. The van der Waals surface area contributed by atoms with Crippen LogP contribution in [-0.2, 0) is 0 Å². The molecule has 0 aliphatic carbocycles. The van der Waals surface area contributed by atoms with Gasteiger partial charge in [-0.2, -0.15) is 0 Å². The normalized spacial score (nSPS) is 12.4. The van der Waals surface area contributed by atoms with E-state index in [0.717, 1.165) is 55.5 Å². The minimum atomic E-state index is 0.889. The van der Waals surface area contributed by atoms with Gasteiger partial charge in [0.2, 0.25) is 0 Å². The van der Waals surface area contributed by atoms with Crippen LogP contribution in [0, 0.1) is 6.92 Å². The van der Waals surface area contributed by atoms with Gasteiger partial charge in [0.1, 0.15) is 11.2 Å². The fourth-order valence-electron chi connectivity index (χ4n) is 7.50. The number of allylic oxidation sites excluding steroid dienone is 2. The fraction of sp³-hybridized carbons (Fsp3) is 0.0238. The van der Waals surface area contributed by atoms with Crippen molar-refractivity contribution in [3.8, 4) is 11.5 Å². The predicted molar refractivity (Wildman–Crippen MR) is 200 cm³/mol. The molecule has 0 N–H and O–H groups in total. The highest BCUT2D eigenvalue weighted by Gasteiger charge is 2.23. The summed E-state index contributed by atoms with van der Waals surface area (Å²) in [7, 11) is 0. The maximum atomic E-state index is 6.33. The highest BCUT2D eigenvalue weighted by Crippen LogP contribution is 2.44. The van der Waals surface area contributed by atoms with E-state index >= 15 is 0 Å². The molecule has 0 atom stereocenters. The third-order valence-corrected chi connectivity index (χ3v) is 10.8. The van der Waals surface area contributed by atoms with Gasteiger partial charge in [-0.3, -0.25) is 4.57 Å². The Morgan fingerprint density at radius 1 is 0.660 bits per heavy atom. The molecular formula is C42H27N3OS. The number of aryl methyl sites for hydroxylation is 1. The van der Waals surface area contributed by atoms with E-state index in [1.54, 1.807) is 11.3 Å². The molecule has 0 fully saturated rings. The van der Waals surface area contributed by atoms with Crippen LogP contribution in [0.3, 0.4) is 0 Å². The summed E-state index contributed by atoms with van der Waals surface area (Å²) in [6, 6.07) is 39.0. The van der Waals surface area contributed by atoms with Crippen molar-refractivity contribution >= 4 is 93.0 Å². The molecule has 0 bridgehead atoms. The lowest BCUT2D eigenvalue weighted by molar-refractivity contribution is 0.668. The lowest BCUT2D eigenvalue weighted by atomic mass is 10.1. The number of fused-ring (bicyclic) bond motifs is 11. The number of para-hydroxylation sites is 3. The fourth-order valence-corrected chi connectivity index (χ4v) is 8.70. The Hall–Kier alpha value is -5.91. The Morgan fingerprint density at radius 3 is 2.09 bits per heavy atom. The summed E-state index contributed by atoms with van der Waals surface area (Å²) in [6.45, 7) is 6.06. The summed E-state index contributed by atoms with van der Waals surface area (Å²) >= 11 is 1.78. The lowest BCUT2D eigenvalue weighted by Gasteiger charge is -2.09. The molecule has 0 amide bonds. The molecule has 10 aromatic rings. The van der Waals surface area contributed by atoms with Crippen LogP contribution < -0.4 is 0 Å². The number of pyridine rings is 1. The summed E-state index contributed by atoms with van der Waals surface area (Å²) in [6.07, 6.45) is 7.91. The standard InChI is InChI=1S/C42H27N3OS/c1-3-4-17-38-25(2)27-22-23-43-42(41(27)47-38)45-33-15-9-6-13-31(33)40-35(45)21-20-34-39(40)30-12-5-8-14-32(30)44(34)26-18-19-29-28-11-7-10-16-36(28)46-37(29)24-26/h3-24H,1H2,2H3/b17-4-. The summed E-state index contributed by atoms with van der Waals surface area (Å²) in [5.74, 6) is 0.957. The number of hydrogen-bond acceptors (Lipinski definition) is 3. The second-order valence-electron chi connectivity index (χ2n) is 12.0. The van der Waals surface area contributed by atoms with Crippen molar-refractivity contribution in [3.05, 3.63) is 145 Å². The van der Waals surface area contributed by atoms with Gasteiger partial charge in [0.15, 0.2) is 5.82 Å². The number of rotatable bonds is 4. The summed E-state index contributed by atoms with van der Waals surface area (Å²) in [5, 5.41) is 8.40. The quantitative estimate of drug-likeness (QED) is 0.183. The van der Waals surface area contributed by atoms with Crippen LogP contribution in [0.2, 0.25) is 0 Å². The Morgan fingerprint density at radius 2 is 1.32 bits per heavy atom. The molecule has 0 unspecified atom stereocenters. The van der Waals surface area contributed by atoms with Crippen LogP contribution in [0.25, 0.3) is 93.2 Å². The highest BCUT2D eigenvalue weighted by atomic mass is 32.1. The van der Waals surface area contributed by atoms with Crippen molar-refractivity contribution in [1.29, 1.82) is 0 Å². The summed E-state index contributed by atoms with van der Waals surface area (Å²) in [5.41, 5.74) is 8.74. The van der Waals surface area contributed by atoms with Gasteiger partial charge in [0, 0.05) is 60.5 Å². The SMILES string of the molecule is C=C/C=C\c1sc2c(-n3c4ccccc4c4c5c6ccccc6n(-c6ccc7c(c6)oc6ccccc67)c5ccc43)nccc2c1C. The van der Waals surface area contributed by atoms with Gasteiger partial charge >= 0.3 is 0 Å². The Balaban J connectivity index is 1.31. The van der Waals surface area contributed by atoms with Crippen LogP contribution in [0.15, 0.2) is 139 Å². The Bertz CT molecular complexity index is 2950. The Kier molecular flexibility index (Phi) is 5.48. The average molecular weight is 622 g/mol. The van der Waals surface area contributed by atoms with Gasteiger partial charge in [-0.15, -0.1) is 11.3 Å². The third-order valence-electron chi connectivity index (χ3n) is 9.56. The zero-order valence-corrected chi connectivity index (χ0v) is 26.4. The Labute approximate surface area is 273 Å². The number of aromatic nitrogens is 3. The van der Waals surface area contributed by atoms with Crippen LogP contribution in [0.1, 0.15) is 10.4 Å². The molecule has 5 heterocycles. The van der Waals surface area contributed by atoms with Crippen LogP contribution in [0.4, 0.5) is 0 Å². The number of nitrogens with zero attached hydrogens (tertiary/aromatic N) is 3. The maximum Gasteiger partial charge on any atom is 0.155 e. The molecule has 222 valence electrons. The van der Waals surface area contributed by atoms with Gasteiger partial charge in [-0.05, 0) is 67.1 Å². The molecule has 0 spiro atoms. The second-order valence-corrected chi connectivity index (χ2v) is 13.1. The molecule has 5 heteroatoms. The van der Waals surface area contributed by atoms with E-state index in [2.05, 4.69) is 126 Å². The van der Waals surface area contributed by atoms with Crippen LogP contribution >= 0.6 is 11.3 Å². The van der Waals surface area contributed by atoms with Crippen molar-refractivity contribution in [1.82, 2.24) is 14.1 Å². The van der Waals surface area contributed by atoms with E-state index in [1.807, 2.05) is 30.5 Å². The van der Waals surface area contributed by atoms with Crippen molar-refractivity contribution < 1.29 is 4.42 Å². The molecule has 0 aliphatic heterocycles. The molecule has 47 heavy (non-hydrogen) atoms. The van der Waals surface area contributed by atoms with E-state index < -0.39 is 0 Å². The largest absolute Gasteiger partial charge is 0.456 e. The van der Waals surface area contributed by atoms with Gasteiger partial charge in [0.25, 0.3) is 0 Å². The van der Waals surface area contributed by atoms with Crippen molar-refractivity contribution in [2.75, 3.05) is 0 Å². The topological polar surface area (TPSA) is 35.9 Å². The van der Waals surface area contributed by atoms with E-state index in [0.29, 0.717) is 0 Å². The molecule has 5 aromatic heterocycles. The summed E-state index contributed by atoms with van der Waals surface area (Å²) in [4.78, 5) is 6.26. The van der Waals surface area contributed by atoms with E-state index in [1.165, 1.54) is 42.1 Å². The molecule has 4 nitrogen and oxygen atoms in total. The number of benzene rings is 5. The molecule has 0 radical (unpaired) electrons. The smallest absolute Gasteiger partial charge is 0.155 e. The minimum absolute atomic E-state index is 0.889. The molecule has 10 rings (SSSR count). The van der Waals surface area contributed by atoms with Crippen LogP contribution in [-0.4, -0.2) is 14.1 Å². The molecular weight excluding hydrogens is 595 g/mol. The van der Waals surface area contributed by atoms with Gasteiger partial charge < -0.3 is 8.98 Å². The number of thiophene rings is 1. The third kappa shape index (κ3) is 3.60. The van der Waals surface area contributed by atoms with Crippen molar-refractivity contribution in [2.45, 2.75) is 6.92 Å². The maximum absolute atomic E-state index is 6.33. The molecule has 0 saturated carbocycles. The van der Waals surface area contributed by atoms with Gasteiger partial charge in [0.05, 0.1) is 26.8 Å². The first-order chi connectivity index (χ1) is 23.2. The molecule has 0 saturated heterocycles. The molecule has 0 aliphatic rings. The number of hydrogen-bond donors (Lipinski definition) is 0. The van der Waals surface area contributed by atoms with Crippen molar-refractivity contribution in [2.24, 2.45) is 0 Å². The zero-order chi connectivity index (χ0) is 31.2. The summed E-state index contributed by atoms with van der Waals surface area (Å²) < 4.78 is 12.2. The van der Waals surface area contributed by atoms with Gasteiger partial charge in [-0.25, -0.2) is 4.98 Å². The van der Waals surface area contributed by atoms with E-state index in [-0.39, 0.29) is 0 Å². The molecule has 5 aromatic carbocycles.